The third-order valence-electron chi connectivity index (χ3n) is 2.07. The Hall–Kier alpha value is -1.81. The fraction of sp³-hybridized carbons (Fsp3) is 0.182. The van der Waals surface area contributed by atoms with Gasteiger partial charge in [-0.1, -0.05) is 24.8 Å². The molecule has 0 heterocycles. The number of aliphatic carboxylic acids is 1. The van der Waals surface area contributed by atoms with Crippen molar-refractivity contribution in [3.8, 4) is 0 Å². The predicted octanol–water partition coefficient (Wildman–Crippen LogP) is 0.570. The maximum atomic E-state index is 10.6. The van der Waals surface area contributed by atoms with Crippen molar-refractivity contribution in [3.63, 3.8) is 0 Å². The van der Waals surface area contributed by atoms with Crippen LogP contribution in [0.25, 0.3) is 5.70 Å². The van der Waals surface area contributed by atoms with Crippen LogP contribution in [0.1, 0.15) is 11.1 Å². The maximum Gasteiger partial charge on any atom is 0.320 e. The second-order valence-electron chi connectivity index (χ2n) is 3.37. The molecule has 0 amide bonds. The molecule has 5 N–H and O–H groups in total. The van der Waals surface area contributed by atoms with Gasteiger partial charge in [0.15, 0.2) is 0 Å². The van der Waals surface area contributed by atoms with Crippen LogP contribution in [-0.4, -0.2) is 17.1 Å². The molecule has 0 saturated carbocycles. The van der Waals surface area contributed by atoms with E-state index in [0.717, 1.165) is 11.1 Å². The van der Waals surface area contributed by atoms with Gasteiger partial charge in [0.2, 0.25) is 0 Å². The summed E-state index contributed by atoms with van der Waals surface area (Å²) in [6.45, 7) is 3.61. The molecule has 0 unspecified atom stereocenters. The third kappa shape index (κ3) is 3.11. The molecule has 4 nitrogen and oxygen atoms in total. The van der Waals surface area contributed by atoms with Gasteiger partial charge in [-0.2, -0.15) is 0 Å². The van der Waals surface area contributed by atoms with Gasteiger partial charge in [0.05, 0.1) is 0 Å². The molecule has 15 heavy (non-hydrogen) atoms. The SMILES string of the molecule is C=C(N)c1cccc(C[C@H](N)C(=O)O)c1. The first-order valence-corrected chi connectivity index (χ1v) is 4.53. The quantitative estimate of drug-likeness (QED) is 0.671. The van der Waals surface area contributed by atoms with Crippen molar-refractivity contribution in [3.05, 3.63) is 42.0 Å². The van der Waals surface area contributed by atoms with Gasteiger partial charge in [0.1, 0.15) is 6.04 Å². The molecule has 1 aromatic rings. The number of carboxylic acids is 1. The molecular weight excluding hydrogens is 192 g/mol. The molecule has 0 fully saturated rings. The van der Waals surface area contributed by atoms with Crippen molar-refractivity contribution in [2.75, 3.05) is 0 Å². The Balaban J connectivity index is 2.82. The molecule has 0 aliphatic rings. The number of nitrogens with two attached hydrogens (primary N) is 2. The highest BCUT2D eigenvalue weighted by atomic mass is 16.4. The van der Waals surface area contributed by atoms with Crippen LogP contribution in [0.2, 0.25) is 0 Å². The van der Waals surface area contributed by atoms with Gasteiger partial charge < -0.3 is 16.6 Å². The van der Waals surface area contributed by atoms with Crippen molar-refractivity contribution in [1.29, 1.82) is 0 Å². The first-order valence-electron chi connectivity index (χ1n) is 4.53. The molecule has 0 radical (unpaired) electrons. The molecule has 0 aromatic heterocycles. The third-order valence-corrected chi connectivity index (χ3v) is 2.07. The van der Waals surface area contributed by atoms with E-state index in [9.17, 15) is 4.79 Å². The fourth-order valence-corrected chi connectivity index (χ4v) is 1.24. The lowest BCUT2D eigenvalue weighted by Crippen LogP contribution is -2.32. The first-order chi connectivity index (χ1) is 7.00. The summed E-state index contributed by atoms with van der Waals surface area (Å²) >= 11 is 0. The Morgan fingerprint density at radius 2 is 2.20 bits per heavy atom. The van der Waals surface area contributed by atoms with Crippen molar-refractivity contribution in [1.82, 2.24) is 0 Å². The molecule has 1 rings (SSSR count). The molecule has 0 spiro atoms. The van der Waals surface area contributed by atoms with Crippen molar-refractivity contribution >= 4 is 11.7 Å². The Morgan fingerprint density at radius 1 is 1.53 bits per heavy atom. The minimum Gasteiger partial charge on any atom is -0.480 e. The lowest BCUT2D eigenvalue weighted by Gasteiger charge is -2.08. The summed E-state index contributed by atoms with van der Waals surface area (Å²) in [5.41, 5.74) is 13.0. The second-order valence-corrected chi connectivity index (χ2v) is 3.37. The summed E-state index contributed by atoms with van der Waals surface area (Å²) in [5, 5.41) is 8.65. The van der Waals surface area contributed by atoms with Gasteiger partial charge in [0.25, 0.3) is 0 Å². The Bertz CT molecular complexity index is 388. The minimum atomic E-state index is -1.01. The van der Waals surface area contributed by atoms with E-state index < -0.39 is 12.0 Å². The predicted molar refractivity (Wildman–Crippen MR) is 59.0 cm³/mol. The number of hydrogen-bond acceptors (Lipinski definition) is 3. The summed E-state index contributed by atoms with van der Waals surface area (Å²) in [6, 6.07) is 6.35. The highest BCUT2D eigenvalue weighted by Gasteiger charge is 2.12. The van der Waals surface area contributed by atoms with Gasteiger partial charge in [0, 0.05) is 5.70 Å². The van der Waals surface area contributed by atoms with E-state index in [2.05, 4.69) is 6.58 Å². The first kappa shape index (κ1) is 11.3. The normalized spacial score (nSPS) is 12.1. The zero-order valence-electron chi connectivity index (χ0n) is 8.31. The standard InChI is InChI=1S/C11H14N2O2/c1-7(12)9-4-2-3-8(5-9)6-10(13)11(14)15/h2-5,10H,1,6,12-13H2,(H,14,15)/t10-/m0/s1. The Labute approximate surface area is 88.2 Å². The highest BCUT2D eigenvalue weighted by Crippen LogP contribution is 2.11. The van der Waals surface area contributed by atoms with Crippen LogP contribution in [0.3, 0.4) is 0 Å². The average molecular weight is 206 g/mol. The minimum absolute atomic E-state index is 0.288. The number of benzene rings is 1. The number of carbonyl (C=O) groups is 1. The van der Waals surface area contributed by atoms with E-state index in [1.54, 1.807) is 12.1 Å². The van der Waals surface area contributed by atoms with Gasteiger partial charge in [-0.25, -0.2) is 0 Å². The van der Waals surface area contributed by atoms with E-state index in [0.29, 0.717) is 5.70 Å². The molecule has 0 saturated heterocycles. The Morgan fingerprint density at radius 3 is 2.73 bits per heavy atom. The molecular formula is C11H14N2O2. The maximum absolute atomic E-state index is 10.6. The van der Waals surface area contributed by atoms with E-state index in [4.69, 9.17) is 16.6 Å². The van der Waals surface area contributed by atoms with Crippen molar-refractivity contribution in [2.45, 2.75) is 12.5 Å². The average Bonchev–Trinajstić information content (AvgIpc) is 2.18. The molecule has 1 atom stereocenters. The number of hydrogen-bond donors (Lipinski definition) is 3. The molecule has 1 aromatic carbocycles. The van der Waals surface area contributed by atoms with E-state index in [1.807, 2.05) is 12.1 Å². The van der Waals surface area contributed by atoms with E-state index in [-0.39, 0.29) is 6.42 Å². The van der Waals surface area contributed by atoms with Crippen LogP contribution in [0.5, 0.6) is 0 Å². The monoisotopic (exact) mass is 206 g/mol. The lowest BCUT2D eigenvalue weighted by atomic mass is 10.0. The summed E-state index contributed by atoms with van der Waals surface area (Å²) < 4.78 is 0. The number of carboxylic acid groups (broad SMARTS) is 1. The summed E-state index contributed by atoms with van der Waals surface area (Å²) in [5.74, 6) is -1.01. The Kier molecular flexibility index (Phi) is 3.46. The molecule has 80 valence electrons. The van der Waals surface area contributed by atoms with Crippen LogP contribution < -0.4 is 11.5 Å². The van der Waals surface area contributed by atoms with Crippen molar-refractivity contribution in [2.24, 2.45) is 11.5 Å². The molecule has 0 aliphatic carbocycles. The van der Waals surface area contributed by atoms with Gasteiger partial charge in [-0.3, -0.25) is 4.79 Å². The van der Waals surface area contributed by atoms with Crippen LogP contribution in [-0.2, 0) is 11.2 Å². The van der Waals surface area contributed by atoms with Crippen LogP contribution in [0, 0.1) is 0 Å². The van der Waals surface area contributed by atoms with Gasteiger partial charge in [-0.05, 0) is 23.6 Å². The van der Waals surface area contributed by atoms with Crippen LogP contribution in [0.4, 0.5) is 0 Å². The largest absolute Gasteiger partial charge is 0.480 e. The van der Waals surface area contributed by atoms with Gasteiger partial charge in [-0.15, -0.1) is 0 Å². The molecule has 0 bridgehead atoms. The highest BCUT2D eigenvalue weighted by molar-refractivity contribution is 5.73. The van der Waals surface area contributed by atoms with E-state index in [1.165, 1.54) is 0 Å². The van der Waals surface area contributed by atoms with Crippen molar-refractivity contribution < 1.29 is 9.90 Å². The zero-order valence-corrected chi connectivity index (χ0v) is 8.31. The fourth-order valence-electron chi connectivity index (χ4n) is 1.24. The number of rotatable bonds is 4. The smallest absolute Gasteiger partial charge is 0.320 e. The summed E-state index contributed by atoms with van der Waals surface area (Å²) in [4.78, 5) is 10.6. The van der Waals surface area contributed by atoms with Gasteiger partial charge >= 0.3 is 5.97 Å². The lowest BCUT2D eigenvalue weighted by molar-refractivity contribution is -0.138. The van der Waals surface area contributed by atoms with E-state index >= 15 is 0 Å². The molecule has 0 aliphatic heterocycles. The summed E-state index contributed by atoms with van der Waals surface area (Å²) in [7, 11) is 0. The second kappa shape index (κ2) is 4.61. The molecule has 4 heteroatoms. The van der Waals surface area contributed by atoms with Crippen LogP contribution in [0.15, 0.2) is 30.8 Å². The topological polar surface area (TPSA) is 89.3 Å². The zero-order chi connectivity index (χ0) is 11.4. The van der Waals surface area contributed by atoms with Crippen LogP contribution >= 0.6 is 0 Å². The summed E-state index contributed by atoms with van der Waals surface area (Å²) in [6.07, 6.45) is 0.288.